The van der Waals surface area contributed by atoms with E-state index in [9.17, 15) is 0 Å². The maximum absolute atomic E-state index is 4.81. The Morgan fingerprint density at radius 3 is 2.53 bits per heavy atom. The Labute approximate surface area is 91.9 Å². The summed E-state index contributed by atoms with van der Waals surface area (Å²) in [6.07, 6.45) is 2.13. The summed E-state index contributed by atoms with van der Waals surface area (Å²) in [6.45, 7) is 4.21. The van der Waals surface area contributed by atoms with E-state index in [0.717, 1.165) is 18.6 Å². The van der Waals surface area contributed by atoms with Gasteiger partial charge in [-0.25, -0.2) is 0 Å². The normalized spacial score (nSPS) is 13.7. The summed E-state index contributed by atoms with van der Waals surface area (Å²) in [6, 6.07) is 10.5. The van der Waals surface area contributed by atoms with Gasteiger partial charge in [0.25, 0.3) is 0 Å². The van der Waals surface area contributed by atoms with Crippen LogP contribution in [0.5, 0.6) is 0 Å². The van der Waals surface area contributed by atoms with E-state index in [1.54, 1.807) is 7.11 Å². The van der Waals surface area contributed by atoms with Gasteiger partial charge in [-0.1, -0.05) is 42.4 Å². The second-order valence-corrected chi connectivity index (χ2v) is 3.71. The molecule has 2 nitrogen and oxygen atoms in total. The lowest BCUT2D eigenvalue weighted by Crippen LogP contribution is -2.13. The minimum Gasteiger partial charge on any atom is -0.399 e. The Hall–Kier alpha value is -1.31. The Balaban J connectivity index is 2.66. The van der Waals surface area contributed by atoms with Crippen molar-refractivity contribution >= 4 is 5.71 Å². The lowest BCUT2D eigenvalue weighted by atomic mass is 9.93. The first-order chi connectivity index (χ1) is 7.27. The molecular formula is C13H19NO. The number of hydrogen-bond donors (Lipinski definition) is 0. The fourth-order valence-electron chi connectivity index (χ4n) is 1.70. The minimum absolute atomic E-state index is 0.479. The summed E-state index contributed by atoms with van der Waals surface area (Å²) < 4.78 is 0. The minimum atomic E-state index is 0.479. The van der Waals surface area contributed by atoms with E-state index in [-0.39, 0.29) is 0 Å². The molecule has 1 aromatic carbocycles. The highest BCUT2D eigenvalue weighted by molar-refractivity contribution is 5.84. The quantitative estimate of drug-likeness (QED) is 0.534. The van der Waals surface area contributed by atoms with E-state index >= 15 is 0 Å². The fourth-order valence-corrected chi connectivity index (χ4v) is 1.70. The average Bonchev–Trinajstić information content (AvgIpc) is 2.27. The van der Waals surface area contributed by atoms with E-state index in [0.29, 0.717) is 5.92 Å². The molecule has 0 spiro atoms. The molecule has 0 aromatic heterocycles. The average molecular weight is 205 g/mol. The molecule has 0 aliphatic heterocycles. The second kappa shape index (κ2) is 6.23. The fraction of sp³-hybridized carbons (Fsp3) is 0.462. The van der Waals surface area contributed by atoms with E-state index in [2.05, 4.69) is 36.3 Å². The van der Waals surface area contributed by atoms with Crippen molar-refractivity contribution in [2.24, 2.45) is 11.1 Å². The van der Waals surface area contributed by atoms with Crippen molar-refractivity contribution in [2.75, 3.05) is 7.11 Å². The maximum Gasteiger partial charge on any atom is 0.106 e. The lowest BCUT2D eigenvalue weighted by Gasteiger charge is -2.13. The van der Waals surface area contributed by atoms with Crippen LogP contribution < -0.4 is 0 Å². The highest BCUT2D eigenvalue weighted by Gasteiger charge is 2.11. The first kappa shape index (κ1) is 11.8. The zero-order chi connectivity index (χ0) is 11.1. The van der Waals surface area contributed by atoms with Gasteiger partial charge in [0.2, 0.25) is 0 Å². The molecule has 0 aliphatic rings. The first-order valence-corrected chi connectivity index (χ1v) is 5.39. The van der Waals surface area contributed by atoms with Crippen LogP contribution >= 0.6 is 0 Å². The molecular weight excluding hydrogens is 186 g/mol. The van der Waals surface area contributed by atoms with Gasteiger partial charge >= 0.3 is 0 Å². The van der Waals surface area contributed by atoms with Crippen LogP contribution in [0, 0.1) is 5.92 Å². The molecule has 0 fully saturated rings. The van der Waals surface area contributed by atoms with Crippen LogP contribution in [0.25, 0.3) is 0 Å². The Morgan fingerprint density at radius 2 is 2.00 bits per heavy atom. The predicted octanol–water partition coefficient (Wildman–Crippen LogP) is 3.28. The standard InChI is InChI=1S/C13H19NO/c1-4-13(11(2)14-15-3)10-12-8-6-5-7-9-12/h5-9,13H,4,10H2,1-3H3. The van der Waals surface area contributed by atoms with Crippen LogP contribution in [0.1, 0.15) is 25.8 Å². The van der Waals surface area contributed by atoms with Crippen molar-refractivity contribution in [3.8, 4) is 0 Å². The SMILES string of the molecule is CCC(Cc1ccccc1)C(C)=NOC. The van der Waals surface area contributed by atoms with Gasteiger partial charge in [0.05, 0.1) is 5.71 Å². The molecule has 0 radical (unpaired) electrons. The van der Waals surface area contributed by atoms with E-state index in [4.69, 9.17) is 4.84 Å². The monoisotopic (exact) mass is 205 g/mol. The number of hydrogen-bond acceptors (Lipinski definition) is 2. The van der Waals surface area contributed by atoms with Crippen LogP contribution in [0.15, 0.2) is 35.5 Å². The molecule has 1 rings (SSSR count). The van der Waals surface area contributed by atoms with Crippen LogP contribution in [-0.2, 0) is 11.3 Å². The molecule has 0 saturated carbocycles. The zero-order valence-corrected chi connectivity index (χ0v) is 9.73. The summed E-state index contributed by atoms with van der Waals surface area (Å²) in [7, 11) is 1.60. The molecule has 2 heteroatoms. The van der Waals surface area contributed by atoms with Crippen LogP contribution in [0.4, 0.5) is 0 Å². The second-order valence-electron chi connectivity index (χ2n) is 3.71. The van der Waals surface area contributed by atoms with Gasteiger partial charge < -0.3 is 4.84 Å². The van der Waals surface area contributed by atoms with Gasteiger partial charge in [0.1, 0.15) is 7.11 Å². The molecule has 15 heavy (non-hydrogen) atoms. The smallest absolute Gasteiger partial charge is 0.106 e. The van der Waals surface area contributed by atoms with Crippen molar-refractivity contribution in [3.05, 3.63) is 35.9 Å². The van der Waals surface area contributed by atoms with Crippen molar-refractivity contribution in [3.63, 3.8) is 0 Å². The van der Waals surface area contributed by atoms with Gasteiger partial charge in [-0.2, -0.15) is 0 Å². The third-order valence-corrected chi connectivity index (χ3v) is 2.64. The van der Waals surface area contributed by atoms with Crippen molar-refractivity contribution in [1.29, 1.82) is 0 Å². The largest absolute Gasteiger partial charge is 0.399 e. The molecule has 0 saturated heterocycles. The van der Waals surface area contributed by atoms with Crippen molar-refractivity contribution in [2.45, 2.75) is 26.7 Å². The molecule has 0 N–H and O–H groups in total. The van der Waals surface area contributed by atoms with E-state index in [1.165, 1.54) is 5.56 Å². The van der Waals surface area contributed by atoms with Crippen LogP contribution in [0.3, 0.4) is 0 Å². The Morgan fingerprint density at radius 1 is 1.33 bits per heavy atom. The molecule has 1 unspecified atom stereocenters. The van der Waals surface area contributed by atoms with Crippen molar-refractivity contribution in [1.82, 2.24) is 0 Å². The van der Waals surface area contributed by atoms with Gasteiger partial charge in [-0.3, -0.25) is 0 Å². The molecule has 1 atom stereocenters. The summed E-state index contributed by atoms with van der Waals surface area (Å²) in [5.41, 5.74) is 2.43. The number of benzene rings is 1. The van der Waals surface area contributed by atoms with Gasteiger partial charge in [0, 0.05) is 5.92 Å². The number of rotatable bonds is 5. The zero-order valence-electron chi connectivity index (χ0n) is 9.73. The molecule has 0 aliphatic carbocycles. The third kappa shape index (κ3) is 3.74. The first-order valence-electron chi connectivity index (χ1n) is 5.39. The lowest BCUT2D eigenvalue weighted by molar-refractivity contribution is 0.210. The van der Waals surface area contributed by atoms with E-state index < -0.39 is 0 Å². The highest BCUT2D eigenvalue weighted by Crippen LogP contribution is 2.14. The van der Waals surface area contributed by atoms with Gasteiger partial charge in [0.15, 0.2) is 0 Å². The van der Waals surface area contributed by atoms with Crippen LogP contribution in [0.2, 0.25) is 0 Å². The van der Waals surface area contributed by atoms with Gasteiger partial charge in [-0.15, -0.1) is 0 Å². The number of oxime groups is 1. The maximum atomic E-state index is 4.81. The molecule has 0 amide bonds. The third-order valence-electron chi connectivity index (χ3n) is 2.64. The van der Waals surface area contributed by atoms with Gasteiger partial charge in [-0.05, 0) is 25.3 Å². The molecule has 1 aromatic rings. The summed E-state index contributed by atoms with van der Waals surface area (Å²) in [5, 5.41) is 4.01. The van der Waals surface area contributed by atoms with E-state index in [1.807, 2.05) is 13.0 Å². The molecule has 82 valence electrons. The Kier molecular flexibility index (Phi) is 4.88. The molecule has 0 heterocycles. The van der Waals surface area contributed by atoms with Crippen LogP contribution in [-0.4, -0.2) is 12.8 Å². The molecule has 0 bridgehead atoms. The summed E-state index contributed by atoms with van der Waals surface area (Å²) in [4.78, 5) is 4.81. The summed E-state index contributed by atoms with van der Waals surface area (Å²) >= 11 is 0. The predicted molar refractivity (Wildman–Crippen MR) is 64.0 cm³/mol. The Bertz CT molecular complexity index is 306. The van der Waals surface area contributed by atoms with Crippen molar-refractivity contribution < 1.29 is 4.84 Å². The summed E-state index contributed by atoms with van der Waals surface area (Å²) in [5.74, 6) is 0.479. The topological polar surface area (TPSA) is 21.6 Å². The number of nitrogens with zero attached hydrogens (tertiary/aromatic N) is 1. The highest BCUT2D eigenvalue weighted by atomic mass is 16.6.